The lowest BCUT2D eigenvalue weighted by atomic mass is 10.1. The van der Waals surface area contributed by atoms with Gasteiger partial charge in [0.25, 0.3) is 0 Å². The number of nitrogen functional groups attached to an aromatic ring is 1. The van der Waals surface area contributed by atoms with Crippen LogP contribution >= 0.6 is 54.5 Å². The van der Waals surface area contributed by atoms with E-state index in [-0.39, 0.29) is 5.92 Å². The molecule has 7 heteroatoms. The average Bonchev–Trinajstić information content (AvgIpc) is 2.32. The van der Waals surface area contributed by atoms with Gasteiger partial charge < -0.3 is 5.73 Å². The van der Waals surface area contributed by atoms with Gasteiger partial charge in [-0.05, 0) is 66.4 Å². The topological polar surface area (TPSA) is 64.7 Å². The minimum Gasteiger partial charge on any atom is -0.383 e. The summed E-state index contributed by atoms with van der Waals surface area (Å²) in [6.45, 7) is 4.16. The Bertz CT molecular complexity index is 631. The van der Waals surface area contributed by atoms with Gasteiger partial charge in [0, 0.05) is 15.1 Å². The van der Waals surface area contributed by atoms with Crippen molar-refractivity contribution in [2.24, 2.45) is 0 Å². The highest BCUT2D eigenvalue weighted by Gasteiger charge is 2.16. The zero-order valence-electron chi connectivity index (χ0n) is 10.3. The van der Waals surface area contributed by atoms with E-state index in [9.17, 15) is 0 Å². The predicted molar refractivity (Wildman–Crippen MR) is 91.9 cm³/mol. The molecule has 2 rings (SSSR count). The van der Waals surface area contributed by atoms with Crippen LogP contribution in [-0.2, 0) is 0 Å². The summed E-state index contributed by atoms with van der Waals surface area (Å²) in [5, 5.41) is 0. The van der Waals surface area contributed by atoms with E-state index in [1.807, 2.05) is 6.07 Å². The number of nitrogens with zero attached hydrogens (tertiary/aromatic N) is 3. The number of nitrogens with two attached hydrogens (primary N) is 1. The van der Waals surface area contributed by atoms with Crippen molar-refractivity contribution >= 4 is 60.3 Å². The Morgan fingerprint density at radius 3 is 2.53 bits per heavy atom. The van der Waals surface area contributed by atoms with Gasteiger partial charge in [0.15, 0.2) is 5.82 Å². The van der Waals surface area contributed by atoms with E-state index in [2.05, 4.69) is 83.3 Å². The summed E-state index contributed by atoms with van der Waals surface area (Å²) in [4.78, 5) is 13.3. The van der Waals surface area contributed by atoms with Crippen LogP contribution in [0.5, 0.6) is 0 Å². The summed E-state index contributed by atoms with van der Waals surface area (Å²) >= 11 is 9.03. The van der Waals surface area contributed by atoms with Crippen LogP contribution < -0.4 is 5.73 Å². The molecule has 0 aliphatic heterocycles. The van der Waals surface area contributed by atoms with Crippen LogP contribution in [-0.4, -0.2) is 15.0 Å². The fraction of sp³-hybridized carbons (Fsp3) is 0.250. The largest absolute Gasteiger partial charge is 0.383 e. The van der Waals surface area contributed by atoms with Gasteiger partial charge in [0.05, 0.1) is 9.26 Å². The first kappa shape index (κ1) is 15.1. The van der Waals surface area contributed by atoms with E-state index < -0.39 is 0 Å². The Morgan fingerprint density at radius 1 is 1.26 bits per heavy atom. The molecule has 0 aliphatic carbocycles. The van der Waals surface area contributed by atoms with E-state index in [4.69, 9.17) is 5.73 Å². The zero-order chi connectivity index (χ0) is 14.2. The molecule has 0 amide bonds. The second-order valence-electron chi connectivity index (χ2n) is 4.27. The monoisotopic (exact) mass is 496 g/mol. The number of rotatable bonds is 2. The molecular weight excluding hydrogens is 487 g/mol. The minimum atomic E-state index is 0.283. The molecular formula is C12H11Br2IN4. The average molecular weight is 498 g/mol. The van der Waals surface area contributed by atoms with Crippen LogP contribution in [0.25, 0.3) is 11.5 Å². The third kappa shape index (κ3) is 3.25. The maximum absolute atomic E-state index is 5.97. The van der Waals surface area contributed by atoms with Crippen LogP contribution in [0.15, 0.2) is 21.2 Å². The summed E-state index contributed by atoms with van der Waals surface area (Å²) in [5.74, 6) is 1.32. The smallest absolute Gasteiger partial charge is 0.181 e. The zero-order valence-corrected chi connectivity index (χ0v) is 15.6. The van der Waals surface area contributed by atoms with Crippen LogP contribution in [0.3, 0.4) is 0 Å². The SMILES string of the molecule is CC(C)c1nc(-c2ncc(Br)cc2Br)nc(N)c1I. The van der Waals surface area contributed by atoms with Gasteiger partial charge >= 0.3 is 0 Å². The quantitative estimate of drug-likeness (QED) is 0.626. The highest BCUT2D eigenvalue weighted by Crippen LogP contribution is 2.30. The van der Waals surface area contributed by atoms with Crippen LogP contribution in [0.4, 0.5) is 5.82 Å². The van der Waals surface area contributed by atoms with Gasteiger partial charge in [-0.3, -0.25) is 4.98 Å². The molecule has 0 saturated carbocycles. The second-order valence-corrected chi connectivity index (χ2v) is 7.12. The predicted octanol–water partition coefficient (Wildman–Crippen LogP) is 4.37. The van der Waals surface area contributed by atoms with E-state index >= 15 is 0 Å². The van der Waals surface area contributed by atoms with Crippen molar-refractivity contribution in [2.45, 2.75) is 19.8 Å². The van der Waals surface area contributed by atoms with Gasteiger partial charge in [-0.15, -0.1) is 0 Å². The Kier molecular flexibility index (Phi) is 4.78. The van der Waals surface area contributed by atoms with Gasteiger partial charge in [-0.2, -0.15) is 0 Å². The van der Waals surface area contributed by atoms with E-state index in [0.29, 0.717) is 17.3 Å². The first-order chi connectivity index (χ1) is 8.90. The summed E-state index contributed by atoms with van der Waals surface area (Å²) in [7, 11) is 0. The van der Waals surface area contributed by atoms with Gasteiger partial charge in [-0.1, -0.05) is 13.8 Å². The normalized spacial score (nSPS) is 11.1. The molecule has 2 aromatic heterocycles. The van der Waals surface area contributed by atoms with E-state index in [0.717, 1.165) is 18.2 Å². The van der Waals surface area contributed by atoms with Crippen molar-refractivity contribution < 1.29 is 0 Å². The standard InChI is InChI=1S/C12H11Br2IN4/c1-5(2)9-8(15)11(16)19-12(18-9)10-7(14)3-6(13)4-17-10/h3-5H,1-2H3,(H2,16,18,19). The highest BCUT2D eigenvalue weighted by atomic mass is 127. The van der Waals surface area contributed by atoms with Crippen LogP contribution in [0, 0.1) is 3.57 Å². The Labute approximate surface area is 142 Å². The van der Waals surface area contributed by atoms with Crippen LogP contribution in [0.2, 0.25) is 0 Å². The molecule has 0 unspecified atom stereocenters. The maximum Gasteiger partial charge on any atom is 0.181 e. The lowest BCUT2D eigenvalue weighted by molar-refractivity contribution is 0.809. The molecule has 0 radical (unpaired) electrons. The van der Waals surface area contributed by atoms with Crippen LogP contribution in [0.1, 0.15) is 25.5 Å². The van der Waals surface area contributed by atoms with Gasteiger partial charge in [0.2, 0.25) is 0 Å². The highest BCUT2D eigenvalue weighted by molar-refractivity contribution is 14.1. The number of anilines is 1. The van der Waals surface area contributed by atoms with E-state index in [1.165, 1.54) is 0 Å². The third-order valence-corrected chi connectivity index (χ3v) is 4.61. The molecule has 100 valence electrons. The number of pyridine rings is 1. The molecule has 0 spiro atoms. The maximum atomic E-state index is 5.97. The molecule has 0 bridgehead atoms. The Balaban J connectivity index is 2.63. The van der Waals surface area contributed by atoms with Crippen molar-refractivity contribution in [1.29, 1.82) is 0 Å². The molecule has 0 atom stereocenters. The summed E-state index contributed by atoms with van der Waals surface area (Å²) < 4.78 is 2.63. The first-order valence-corrected chi connectivity index (χ1v) is 8.21. The van der Waals surface area contributed by atoms with Crippen molar-refractivity contribution in [3.05, 3.63) is 30.5 Å². The molecule has 2 aromatic rings. The fourth-order valence-corrected chi connectivity index (χ4v) is 3.58. The molecule has 0 saturated heterocycles. The van der Waals surface area contributed by atoms with Crippen molar-refractivity contribution in [2.75, 3.05) is 5.73 Å². The summed E-state index contributed by atoms with van der Waals surface area (Å²) in [6.07, 6.45) is 1.71. The molecule has 0 aliphatic rings. The fourth-order valence-electron chi connectivity index (χ4n) is 1.55. The minimum absolute atomic E-state index is 0.283. The van der Waals surface area contributed by atoms with Gasteiger partial charge in [-0.25, -0.2) is 9.97 Å². The Morgan fingerprint density at radius 2 is 1.95 bits per heavy atom. The molecule has 0 aromatic carbocycles. The van der Waals surface area contributed by atoms with Crippen molar-refractivity contribution in [1.82, 2.24) is 15.0 Å². The lowest BCUT2D eigenvalue weighted by Crippen LogP contribution is -2.07. The number of hydrogen-bond acceptors (Lipinski definition) is 4. The summed E-state index contributed by atoms with van der Waals surface area (Å²) in [6, 6.07) is 1.91. The van der Waals surface area contributed by atoms with Crippen molar-refractivity contribution in [3.8, 4) is 11.5 Å². The van der Waals surface area contributed by atoms with Crippen molar-refractivity contribution in [3.63, 3.8) is 0 Å². The lowest BCUT2D eigenvalue weighted by Gasteiger charge is -2.12. The molecule has 0 fully saturated rings. The molecule has 4 nitrogen and oxygen atoms in total. The van der Waals surface area contributed by atoms with Gasteiger partial charge in [0.1, 0.15) is 11.5 Å². The summed E-state index contributed by atoms with van der Waals surface area (Å²) in [5.41, 5.74) is 7.60. The molecule has 2 heterocycles. The Hall–Kier alpha value is -0.280. The molecule has 2 N–H and O–H groups in total. The number of aromatic nitrogens is 3. The second kappa shape index (κ2) is 6.01. The third-order valence-electron chi connectivity index (χ3n) is 2.47. The number of hydrogen-bond donors (Lipinski definition) is 1. The molecule has 19 heavy (non-hydrogen) atoms. The van der Waals surface area contributed by atoms with E-state index in [1.54, 1.807) is 6.20 Å². The first-order valence-electron chi connectivity index (χ1n) is 5.54. The number of halogens is 3.